The highest BCUT2D eigenvalue weighted by Gasteiger charge is 2.30. The van der Waals surface area contributed by atoms with Crippen LogP contribution in [0.4, 0.5) is 0 Å². The summed E-state index contributed by atoms with van der Waals surface area (Å²) in [7, 11) is -9.93. The maximum Gasteiger partial charge on any atom is 0.472 e. The van der Waals surface area contributed by atoms with Gasteiger partial charge < -0.3 is 33.8 Å². The Morgan fingerprint density at radius 1 is 0.270 bits per heavy atom. The second-order valence-electron chi connectivity index (χ2n) is 28.8. The molecule has 0 bridgehead atoms. The Labute approximate surface area is 612 Å². The van der Waals surface area contributed by atoms with Crippen LogP contribution in [-0.4, -0.2) is 96.7 Å². The van der Waals surface area contributed by atoms with Crippen LogP contribution >= 0.6 is 15.6 Å². The maximum atomic E-state index is 13.1. The highest BCUT2D eigenvalue weighted by atomic mass is 31.2. The average Bonchev–Trinajstić information content (AvgIpc) is 1.01. The highest BCUT2D eigenvalue weighted by Crippen LogP contribution is 2.45. The summed E-state index contributed by atoms with van der Waals surface area (Å²) in [4.78, 5) is 73.1. The molecule has 0 heterocycles. The number of hydrogen-bond acceptors (Lipinski definition) is 15. The second-order valence-corrected chi connectivity index (χ2v) is 31.7. The minimum Gasteiger partial charge on any atom is -0.462 e. The van der Waals surface area contributed by atoms with Crippen molar-refractivity contribution in [1.29, 1.82) is 0 Å². The van der Waals surface area contributed by atoms with Crippen LogP contribution in [0.5, 0.6) is 0 Å². The van der Waals surface area contributed by atoms with Gasteiger partial charge in [-0.2, -0.15) is 0 Å². The van der Waals surface area contributed by atoms with Crippen molar-refractivity contribution in [1.82, 2.24) is 0 Å². The van der Waals surface area contributed by atoms with Crippen molar-refractivity contribution in [3.05, 3.63) is 12.2 Å². The van der Waals surface area contributed by atoms with Crippen LogP contribution in [0, 0.1) is 0 Å². The van der Waals surface area contributed by atoms with Crippen molar-refractivity contribution < 1.29 is 80.2 Å². The number of carbonyl (C=O) groups is 4. The van der Waals surface area contributed by atoms with E-state index < -0.39 is 97.5 Å². The predicted molar refractivity (Wildman–Crippen MR) is 409 cm³/mol. The molecule has 0 aromatic rings. The third kappa shape index (κ3) is 74.1. The van der Waals surface area contributed by atoms with E-state index in [0.717, 1.165) is 109 Å². The first-order valence-electron chi connectivity index (χ1n) is 41.9. The number of aliphatic hydroxyl groups excluding tert-OH is 1. The smallest absolute Gasteiger partial charge is 0.462 e. The third-order valence-electron chi connectivity index (χ3n) is 18.8. The first-order chi connectivity index (χ1) is 48.7. The van der Waals surface area contributed by atoms with E-state index >= 15 is 0 Å². The normalized spacial score (nSPS) is 13.9. The SMILES string of the molecule is CCCCCCCC/C=C\CCCCCCCC(=O)OC[C@H](COP(=O)(O)OC[C@H](O)COP(=O)(O)OC[C@@H](COC(=O)CCCCCCCCCCCCCCCCC)OC(=O)CCCCCCCCCCCCCCCCC)OC(=O)CCCCCCCCCCCCCCCCC. The first-order valence-corrected chi connectivity index (χ1v) is 44.9. The Bertz CT molecular complexity index is 1940. The van der Waals surface area contributed by atoms with Crippen molar-refractivity contribution in [3.8, 4) is 0 Å². The van der Waals surface area contributed by atoms with Gasteiger partial charge in [0.2, 0.25) is 0 Å². The lowest BCUT2D eigenvalue weighted by Crippen LogP contribution is -2.30. The van der Waals surface area contributed by atoms with E-state index in [1.807, 2.05) is 0 Å². The molecule has 0 aliphatic carbocycles. The predicted octanol–water partition coefficient (Wildman–Crippen LogP) is 24.3. The van der Waals surface area contributed by atoms with Gasteiger partial charge >= 0.3 is 39.5 Å². The van der Waals surface area contributed by atoms with Crippen molar-refractivity contribution in [2.75, 3.05) is 39.6 Å². The van der Waals surface area contributed by atoms with E-state index in [4.69, 9.17) is 37.0 Å². The lowest BCUT2D eigenvalue weighted by molar-refractivity contribution is -0.161. The molecule has 0 aromatic carbocycles. The van der Waals surface area contributed by atoms with Crippen molar-refractivity contribution in [3.63, 3.8) is 0 Å². The summed E-state index contributed by atoms with van der Waals surface area (Å²) in [5.41, 5.74) is 0. The van der Waals surface area contributed by atoms with Gasteiger partial charge in [-0.3, -0.25) is 37.3 Å². The number of aliphatic hydroxyl groups is 1. The Morgan fingerprint density at radius 3 is 0.690 bits per heavy atom. The van der Waals surface area contributed by atoms with Crippen LogP contribution in [-0.2, 0) is 65.4 Å². The molecule has 2 unspecified atom stereocenters. The van der Waals surface area contributed by atoms with E-state index in [2.05, 4.69) is 39.8 Å². The van der Waals surface area contributed by atoms with Crippen LogP contribution in [0.15, 0.2) is 12.2 Å². The molecule has 0 rings (SSSR count). The van der Waals surface area contributed by atoms with E-state index in [1.54, 1.807) is 0 Å². The number of phosphoric ester groups is 2. The average molecular weight is 1460 g/mol. The lowest BCUT2D eigenvalue weighted by Gasteiger charge is -2.21. The Balaban J connectivity index is 5.29. The van der Waals surface area contributed by atoms with Crippen LogP contribution in [0.25, 0.3) is 0 Å². The largest absolute Gasteiger partial charge is 0.472 e. The first kappa shape index (κ1) is 97.8. The summed E-state index contributed by atoms with van der Waals surface area (Å²) in [6.45, 7) is 5.01. The van der Waals surface area contributed by atoms with Gasteiger partial charge in [-0.25, -0.2) is 9.13 Å². The molecule has 19 heteroatoms. The van der Waals surface area contributed by atoms with Crippen LogP contribution < -0.4 is 0 Å². The summed E-state index contributed by atoms with van der Waals surface area (Å²) < 4.78 is 68.8. The molecule has 0 fully saturated rings. The molecule has 5 atom stereocenters. The molecule has 0 amide bonds. The van der Waals surface area contributed by atoms with Gasteiger partial charge in [0, 0.05) is 25.7 Å². The fourth-order valence-corrected chi connectivity index (χ4v) is 13.9. The van der Waals surface area contributed by atoms with Crippen molar-refractivity contribution >= 4 is 39.5 Å². The summed E-state index contributed by atoms with van der Waals surface area (Å²) in [6.07, 6.45) is 68.8. The molecule has 0 saturated heterocycles. The minimum atomic E-state index is -4.96. The quantitative estimate of drug-likeness (QED) is 0.0169. The zero-order valence-corrected chi connectivity index (χ0v) is 66.7. The molecular formula is C81H156O17P2. The minimum absolute atomic E-state index is 0.105. The number of allylic oxidation sites excluding steroid dienone is 2. The van der Waals surface area contributed by atoms with Gasteiger partial charge in [0.1, 0.15) is 19.3 Å². The molecule has 0 aliphatic heterocycles. The number of hydrogen-bond donors (Lipinski definition) is 3. The van der Waals surface area contributed by atoms with Gasteiger partial charge in [-0.1, -0.05) is 361 Å². The Kier molecular flexibility index (Phi) is 73.4. The fraction of sp³-hybridized carbons (Fsp3) is 0.926. The fourth-order valence-electron chi connectivity index (χ4n) is 12.3. The summed E-state index contributed by atoms with van der Waals surface area (Å²) in [5.74, 6) is -2.12. The van der Waals surface area contributed by atoms with E-state index in [9.17, 15) is 43.2 Å². The molecule has 0 saturated carbocycles. The number of phosphoric acid groups is 2. The van der Waals surface area contributed by atoms with Crippen molar-refractivity contribution in [2.24, 2.45) is 0 Å². The molecule has 0 aromatic heterocycles. The Hall–Kier alpha value is -2.20. The number of rotatable bonds is 81. The van der Waals surface area contributed by atoms with Crippen LogP contribution in [0.2, 0.25) is 0 Å². The molecule has 0 radical (unpaired) electrons. The molecule has 592 valence electrons. The van der Waals surface area contributed by atoms with Gasteiger partial charge in [0.05, 0.1) is 26.4 Å². The molecular weight excluding hydrogens is 1310 g/mol. The van der Waals surface area contributed by atoms with E-state index in [0.29, 0.717) is 25.7 Å². The van der Waals surface area contributed by atoms with E-state index in [-0.39, 0.29) is 25.7 Å². The van der Waals surface area contributed by atoms with Crippen LogP contribution in [0.3, 0.4) is 0 Å². The standard InChI is InChI=1S/C81H156O17P2/c1-5-9-13-17-21-25-29-33-37-41-45-49-53-57-61-65-78(83)91-71-76(97-80(85)67-63-59-55-51-47-43-39-35-31-27-23-19-15-11-7-3)73-95-99(87,88)93-69-75(82)70-94-100(89,90)96-74-77(98-81(86)68-64-60-56-52-48-44-40-36-32-28-24-20-16-12-8-4)72-92-79(84)66-62-58-54-50-46-42-38-34-30-26-22-18-14-10-6-2/h33,37,75-77,82H,5-32,34-36,38-74H2,1-4H3,(H,87,88)(H,89,90)/b37-33-/t75-,76+,77+/m0/s1. The highest BCUT2D eigenvalue weighted by molar-refractivity contribution is 7.47. The van der Waals surface area contributed by atoms with Gasteiger partial charge in [-0.05, 0) is 51.4 Å². The molecule has 0 spiro atoms. The second kappa shape index (κ2) is 75.0. The van der Waals surface area contributed by atoms with Crippen LogP contribution in [0.1, 0.15) is 426 Å². The number of ether oxygens (including phenoxy) is 4. The van der Waals surface area contributed by atoms with E-state index in [1.165, 1.54) is 238 Å². The summed E-state index contributed by atoms with van der Waals surface area (Å²) in [5, 5.41) is 10.6. The monoisotopic (exact) mass is 1460 g/mol. The molecule has 3 N–H and O–H groups in total. The molecule has 17 nitrogen and oxygen atoms in total. The molecule has 0 aliphatic rings. The number of unbranched alkanes of at least 4 members (excludes halogenated alkanes) is 53. The Morgan fingerprint density at radius 2 is 0.460 bits per heavy atom. The topological polar surface area (TPSA) is 237 Å². The molecule has 100 heavy (non-hydrogen) atoms. The van der Waals surface area contributed by atoms with Gasteiger partial charge in [-0.15, -0.1) is 0 Å². The maximum absolute atomic E-state index is 13.1. The summed E-state index contributed by atoms with van der Waals surface area (Å²) in [6, 6.07) is 0. The summed E-state index contributed by atoms with van der Waals surface area (Å²) >= 11 is 0. The number of carbonyl (C=O) groups excluding carboxylic acids is 4. The number of esters is 4. The van der Waals surface area contributed by atoms with Crippen molar-refractivity contribution in [2.45, 2.75) is 444 Å². The zero-order valence-electron chi connectivity index (χ0n) is 64.9. The van der Waals surface area contributed by atoms with Gasteiger partial charge in [0.25, 0.3) is 0 Å². The third-order valence-corrected chi connectivity index (χ3v) is 20.7. The van der Waals surface area contributed by atoms with Gasteiger partial charge in [0.15, 0.2) is 12.2 Å². The zero-order chi connectivity index (χ0) is 73.2. The lowest BCUT2D eigenvalue weighted by atomic mass is 10.0.